The van der Waals surface area contributed by atoms with Crippen LogP contribution in [0.3, 0.4) is 0 Å². The fourth-order valence-electron chi connectivity index (χ4n) is 1.69. The summed E-state index contributed by atoms with van der Waals surface area (Å²) in [5, 5.41) is 5.84. The molecule has 0 fully saturated rings. The molecule has 0 saturated carbocycles. The molecule has 6 nitrogen and oxygen atoms in total. The summed E-state index contributed by atoms with van der Waals surface area (Å²) in [6.45, 7) is 3.72. The van der Waals surface area contributed by atoms with E-state index < -0.39 is 0 Å². The van der Waals surface area contributed by atoms with Crippen molar-refractivity contribution in [3.8, 4) is 11.5 Å². The predicted molar refractivity (Wildman–Crippen MR) is 69.0 cm³/mol. The maximum Gasteiger partial charge on any atom is 0.216 e. The fraction of sp³-hybridized carbons (Fsp3) is 0.417. The quantitative estimate of drug-likeness (QED) is 0.538. The molecule has 0 aromatic heterocycles. The van der Waals surface area contributed by atoms with Crippen LogP contribution in [0.15, 0.2) is 12.1 Å². The Hall–Kier alpha value is -2.11. The van der Waals surface area contributed by atoms with Crippen LogP contribution in [0.4, 0.5) is 11.4 Å². The van der Waals surface area contributed by atoms with Gasteiger partial charge in [-0.1, -0.05) is 0 Å². The van der Waals surface area contributed by atoms with Gasteiger partial charge in [0, 0.05) is 32.1 Å². The molecule has 18 heavy (non-hydrogen) atoms. The number of hydrogen-bond acceptors (Lipinski definition) is 5. The van der Waals surface area contributed by atoms with Crippen molar-refractivity contribution in [3.05, 3.63) is 12.1 Å². The van der Waals surface area contributed by atoms with Crippen LogP contribution < -0.4 is 25.8 Å². The molecule has 0 atom stereocenters. The Labute approximate surface area is 105 Å². The summed E-state index contributed by atoms with van der Waals surface area (Å²) in [5.74, 6) is 1.32. The highest BCUT2D eigenvalue weighted by molar-refractivity contribution is 5.73. The second kappa shape index (κ2) is 5.48. The second-order valence-electron chi connectivity index (χ2n) is 3.99. The number of carbonyl (C=O) groups excluding carboxylic acids is 1. The third-order valence-corrected chi connectivity index (χ3v) is 2.53. The Balaban J connectivity index is 1.97. The van der Waals surface area contributed by atoms with Crippen molar-refractivity contribution in [1.29, 1.82) is 0 Å². The lowest BCUT2D eigenvalue weighted by atomic mass is 10.2. The largest absolute Gasteiger partial charge is 0.486 e. The number of ether oxygens (including phenoxy) is 2. The van der Waals surface area contributed by atoms with Gasteiger partial charge in [-0.05, 0) is 0 Å². The lowest BCUT2D eigenvalue weighted by Crippen LogP contribution is -2.26. The molecule has 1 heterocycles. The average molecular weight is 251 g/mol. The molecule has 0 saturated heterocycles. The lowest BCUT2D eigenvalue weighted by Gasteiger charge is -2.20. The van der Waals surface area contributed by atoms with Crippen LogP contribution in [0.5, 0.6) is 11.5 Å². The molecule has 0 bridgehead atoms. The van der Waals surface area contributed by atoms with E-state index in [4.69, 9.17) is 15.2 Å². The van der Waals surface area contributed by atoms with Crippen molar-refractivity contribution in [1.82, 2.24) is 5.32 Å². The van der Waals surface area contributed by atoms with Crippen LogP contribution in [0.1, 0.15) is 6.92 Å². The van der Waals surface area contributed by atoms with Crippen LogP contribution in [0, 0.1) is 0 Å². The van der Waals surface area contributed by atoms with Crippen molar-refractivity contribution >= 4 is 17.3 Å². The number of nitrogen functional groups attached to an aromatic ring is 1. The first kappa shape index (κ1) is 12.3. The van der Waals surface area contributed by atoms with Gasteiger partial charge in [0.05, 0.1) is 11.4 Å². The molecule has 0 aliphatic carbocycles. The predicted octanol–water partition coefficient (Wildman–Crippen LogP) is 0.588. The van der Waals surface area contributed by atoms with E-state index in [-0.39, 0.29) is 5.91 Å². The van der Waals surface area contributed by atoms with E-state index >= 15 is 0 Å². The molecule has 1 aliphatic rings. The van der Waals surface area contributed by atoms with Crippen molar-refractivity contribution in [2.45, 2.75) is 6.92 Å². The Morgan fingerprint density at radius 1 is 1.28 bits per heavy atom. The van der Waals surface area contributed by atoms with Gasteiger partial charge in [-0.2, -0.15) is 0 Å². The van der Waals surface area contributed by atoms with Crippen LogP contribution in [0.25, 0.3) is 0 Å². The molecular formula is C12H17N3O3. The molecule has 1 aromatic carbocycles. The summed E-state index contributed by atoms with van der Waals surface area (Å²) in [6, 6.07) is 3.56. The number of rotatable bonds is 4. The Kier molecular flexibility index (Phi) is 3.76. The van der Waals surface area contributed by atoms with Crippen molar-refractivity contribution in [2.24, 2.45) is 0 Å². The monoisotopic (exact) mass is 251 g/mol. The van der Waals surface area contributed by atoms with Crippen LogP contribution in [-0.4, -0.2) is 32.2 Å². The summed E-state index contributed by atoms with van der Waals surface area (Å²) in [7, 11) is 0. The SMILES string of the molecule is CC(=O)NCCNc1cc2c(cc1N)OCCO2. The zero-order chi connectivity index (χ0) is 13.0. The zero-order valence-electron chi connectivity index (χ0n) is 10.3. The first-order valence-electron chi connectivity index (χ1n) is 5.84. The number of nitrogens with one attached hydrogen (secondary N) is 2. The minimum Gasteiger partial charge on any atom is -0.486 e. The standard InChI is InChI=1S/C12H17N3O3/c1-8(16)14-2-3-15-10-7-12-11(6-9(10)13)17-4-5-18-12/h6-7,15H,2-5,13H2,1H3,(H,14,16). The molecule has 0 radical (unpaired) electrons. The normalized spacial score (nSPS) is 12.9. The van der Waals surface area contributed by atoms with E-state index in [1.54, 1.807) is 6.07 Å². The van der Waals surface area contributed by atoms with Gasteiger partial charge < -0.3 is 25.8 Å². The van der Waals surface area contributed by atoms with E-state index in [0.29, 0.717) is 43.5 Å². The Morgan fingerprint density at radius 3 is 2.61 bits per heavy atom. The van der Waals surface area contributed by atoms with Gasteiger partial charge >= 0.3 is 0 Å². The van der Waals surface area contributed by atoms with Gasteiger partial charge in [-0.25, -0.2) is 0 Å². The van der Waals surface area contributed by atoms with Gasteiger partial charge in [-0.15, -0.1) is 0 Å². The maximum atomic E-state index is 10.7. The minimum absolute atomic E-state index is 0.0491. The third-order valence-electron chi connectivity index (χ3n) is 2.53. The van der Waals surface area contributed by atoms with E-state index in [1.807, 2.05) is 6.07 Å². The Bertz CT molecular complexity index is 448. The van der Waals surface area contributed by atoms with Gasteiger partial charge in [0.25, 0.3) is 0 Å². The molecule has 1 amide bonds. The van der Waals surface area contributed by atoms with Crippen LogP contribution in [-0.2, 0) is 4.79 Å². The van der Waals surface area contributed by atoms with Gasteiger partial charge in [-0.3, -0.25) is 4.79 Å². The number of carbonyl (C=O) groups is 1. The molecule has 2 rings (SSSR count). The number of benzene rings is 1. The van der Waals surface area contributed by atoms with Gasteiger partial charge in [0.1, 0.15) is 13.2 Å². The summed E-state index contributed by atoms with van der Waals surface area (Å²) >= 11 is 0. The highest BCUT2D eigenvalue weighted by Gasteiger charge is 2.14. The summed E-state index contributed by atoms with van der Waals surface area (Å²) in [6.07, 6.45) is 0. The number of hydrogen-bond donors (Lipinski definition) is 3. The summed E-state index contributed by atoms with van der Waals surface area (Å²) < 4.78 is 10.9. The number of fused-ring (bicyclic) bond motifs is 1. The van der Waals surface area contributed by atoms with Crippen LogP contribution >= 0.6 is 0 Å². The van der Waals surface area contributed by atoms with Crippen molar-refractivity contribution in [3.63, 3.8) is 0 Å². The molecule has 0 spiro atoms. The number of anilines is 2. The Morgan fingerprint density at radius 2 is 1.94 bits per heavy atom. The zero-order valence-corrected chi connectivity index (χ0v) is 10.3. The van der Waals surface area contributed by atoms with E-state index in [1.165, 1.54) is 6.92 Å². The second-order valence-corrected chi connectivity index (χ2v) is 3.99. The number of amides is 1. The van der Waals surface area contributed by atoms with Crippen molar-refractivity contribution in [2.75, 3.05) is 37.4 Å². The molecule has 6 heteroatoms. The van der Waals surface area contributed by atoms with Crippen LogP contribution in [0.2, 0.25) is 0 Å². The van der Waals surface area contributed by atoms with E-state index in [0.717, 1.165) is 5.69 Å². The first-order chi connectivity index (χ1) is 8.66. The molecule has 98 valence electrons. The van der Waals surface area contributed by atoms with E-state index in [2.05, 4.69) is 10.6 Å². The topological polar surface area (TPSA) is 85.6 Å². The van der Waals surface area contributed by atoms with E-state index in [9.17, 15) is 4.79 Å². The third kappa shape index (κ3) is 2.97. The highest BCUT2D eigenvalue weighted by atomic mass is 16.6. The van der Waals surface area contributed by atoms with Gasteiger partial charge in [0.2, 0.25) is 5.91 Å². The lowest BCUT2D eigenvalue weighted by molar-refractivity contribution is -0.118. The highest BCUT2D eigenvalue weighted by Crippen LogP contribution is 2.36. The van der Waals surface area contributed by atoms with Gasteiger partial charge in [0.15, 0.2) is 11.5 Å². The maximum absolute atomic E-state index is 10.7. The summed E-state index contributed by atoms with van der Waals surface area (Å²) in [5.41, 5.74) is 7.28. The fourth-order valence-corrected chi connectivity index (χ4v) is 1.69. The summed E-state index contributed by atoms with van der Waals surface area (Å²) in [4.78, 5) is 10.7. The molecule has 0 unspecified atom stereocenters. The number of nitrogens with two attached hydrogens (primary N) is 1. The smallest absolute Gasteiger partial charge is 0.216 e. The minimum atomic E-state index is -0.0491. The molecule has 1 aromatic rings. The molecule has 4 N–H and O–H groups in total. The molecule has 1 aliphatic heterocycles. The average Bonchev–Trinajstić information content (AvgIpc) is 2.34. The first-order valence-corrected chi connectivity index (χ1v) is 5.84. The molecular weight excluding hydrogens is 234 g/mol. The van der Waals surface area contributed by atoms with Crippen molar-refractivity contribution < 1.29 is 14.3 Å².